The number of hydrogen-bond acceptors (Lipinski definition) is 6. The summed E-state index contributed by atoms with van der Waals surface area (Å²) in [4.78, 5) is 4.23. The third-order valence-electron chi connectivity index (χ3n) is 3.84. The Labute approximate surface area is 157 Å². The number of hydrogen-bond donors (Lipinski definition) is 2. The average molecular weight is 406 g/mol. The van der Waals surface area contributed by atoms with Crippen molar-refractivity contribution < 1.29 is 16.8 Å². The van der Waals surface area contributed by atoms with Crippen LogP contribution in [-0.4, -0.2) is 38.3 Å². The van der Waals surface area contributed by atoms with E-state index in [9.17, 15) is 16.8 Å². The minimum atomic E-state index is -3.95. The quantitative estimate of drug-likeness (QED) is 0.641. The summed E-state index contributed by atoms with van der Waals surface area (Å²) in [7, 11) is -7.36. The standard InChI is InChI=1S/C17H18N4O4S2/c1-12-18-17(20-19-12)16(13-6-4-3-5-7-13)21-27(24,25)15-10-8-14(9-11-15)26(2,22)23/h3-11,16,21H,1-2H3,(H,18,19,20). The number of aromatic nitrogens is 3. The number of H-pyrrole nitrogens is 1. The van der Waals surface area contributed by atoms with E-state index in [2.05, 4.69) is 19.9 Å². The second kappa shape index (κ2) is 7.22. The molecule has 3 rings (SSSR count). The van der Waals surface area contributed by atoms with Crippen LogP contribution in [0.25, 0.3) is 0 Å². The topological polar surface area (TPSA) is 122 Å². The molecule has 0 aliphatic rings. The number of sulfonamides is 1. The number of nitrogens with one attached hydrogen (secondary N) is 2. The molecule has 8 nitrogen and oxygen atoms in total. The Hall–Kier alpha value is -2.56. The average Bonchev–Trinajstić information content (AvgIpc) is 3.06. The van der Waals surface area contributed by atoms with Crippen molar-refractivity contribution >= 4 is 19.9 Å². The molecule has 10 heteroatoms. The van der Waals surface area contributed by atoms with E-state index in [1.165, 1.54) is 24.3 Å². The molecule has 0 bridgehead atoms. The lowest BCUT2D eigenvalue weighted by atomic mass is 10.1. The van der Waals surface area contributed by atoms with Crippen molar-refractivity contribution in [1.29, 1.82) is 0 Å². The number of sulfone groups is 1. The first-order valence-corrected chi connectivity index (χ1v) is 11.3. The molecule has 27 heavy (non-hydrogen) atoms. The highest BCUT2D eigenvalue weighted by Crippen LogP contribution is 2.23. The molecular weight excluding hydrogens is 388 g/mol. The maximum absolute atomic E-state index is 12.8. The minimum absolute atomic E-state index is 0.0469. The Morgan fingerprint density at radius 1 is 0.926 bits per heavy atom. The second-order valence-corrected chi connectivity index (χ2v) is 9.72. The fourth-order valence-corrected chi connectivity index (χ4v) is 4.31. The van der Waals surface area contributed by atoms with Crippen LogP contribution in [0.4, 0.5) is 0 Å². The van der Waals surface area contributed by atoms with Crippen LogP contribution in [0.15, 0.2) is 64.4 Å². The zero-order chi connectivity index (χ0) is 19.7. The zero-order valence-corrected chi connectivity index (χ0v) is 16.3. The monoisotopic (exact) mass is 406 g/mol. The fourth-order valence-electron chi connectivity index (χ4n) is 2.49. The molecule has 0 aliphatic heterocycles. The highest BCUT2D eigenvalue weighted by atomic mass is 32.2. The number of aromatic amines is 1. The van der Waals surface area contributed by atoms with Crippen LogP contribution in [0.3, 0.4) is 0 Å². The summed E-state index contributed by atoms with van der Waals surface area (Å²) in [5.74, 6) is 0.845. The first-order chi connectivity index (χ1) is 12.7. The van der Waals surface area contributed by atoms with Gasteiger partial charge in [-0.15, -0.1) is 0 Å². The molecule has 142 valence electrons. The third-order valence-corrected chi connectivity index (χ3v) is 6.41. The van der Waals surface area contributed by atoms with Gasteiger partial charge in [-0.1, -0.05) is 30.3 Å². The van der Waals surface area contributed by atoms with Gasteiger partial charge >= 0.3 is 0 Å². The van der Waals surface area contributed by atoms with Crippen LogP contribution in [0.1, 0.15) is 23.3 Å². The number of rotatable bonds is 6. The van der Waals surface area contributed by atoms with E-state index in [-0.39, 0.29) is 15.6 Å². The van der Waals surface area contributed by atoms with E-state index in [0.29, 0.717) is 11.4 Å². The summed E-state index contributed by atoms with van der Waals surface area (Å²) < 4.78 is 51.4. The second-order valence-electron chi connectivity index (χ2n) is 5.99. The fraction of sp³-hybridized carbons (Fsp3) is 0.176. The van der Waals surface area contributed by atoms with Crippen molar-refractivity contribution in [3.8, 4) is 0 Å². The Bertz CT molecular complexity index is 1140. The lowest BCUT2D eigenvalue weighted by Crippen LogP contribution is -2.30. The van der Waals surface area contributed by atoms with Gasteiger partial charge in [0.05, 0.1) is 9.79 Å². The molecule has 0 radical (unpaired) electrons. The highest BCUT2D eigenvalue weighted by Gasteiger charge is 2.26. The van der Waals surface area contributed by atoms with Gasteiger partial charge in [0.2, 0.25) is 10.0 Å². The maximum Gasteiger partial charge on any atom is 0.241 e. The third kappa shape index (κ3) is 4.41. The Morgan fingerprint density at radius 3 is 2.04 bits per heavy atom. The SMILES string of the molecule is Cc1nc(C(NS(=O)(=O)c2ccc(S(C)(=O)=O)cc2)c2ccccc2)n[nH]1. The van der Waals surface area contributed by atoms with Crippen molar-refractivity contribution in [3.63, 3.8) is 0 Å². The van der Waals surface area contributed by atoms with Gasteiger partial charge in [0.25, 0.3) is 0 Å². The number of benzene rings is 2. The molecule has 1 aromatic heterocycles. The van der Waals surface area contributed by atoms with Crippen molar-refractivity contribution in [2.75, 3.05) is 6.26 Å². The number of nitrogens with zero attached hydrogens (tertiary/aromatic N) is 2. The summed E-state index contributed by atoms with van der Waals surface area (Å²) in [5, 5.41) is 6.78. The largest absolute Gasteiger partial charge is 0.263 e. The van der Waals surface area contributed by atoms with Gasteiger partial charge in [-0.25, -0.2) is 21.8 Å². The van der Waals surface area contributed by atoms with E-state index >= 15 is 0 Å². The summed E-state index contributed by atoms with van der Waals surface area (Å²) >= 11 is 0. The van der Waals surface area contributed by atoms with Gasteiger partial charge < -0.3 is 0 Å². The molecule has 2 aromatic carbocycles. The van der Waals surface area contributed by atoms with Crippen LogP contribution in [0, 0.1) is 6.92 Å². The maximum atomic E-state index is 12.8. The molecule has 0 spiro atoms. The Morgan fingerprint density at radius 2 is 1.52 bits per heavy atom. The van der Waals surface area contributed by atoms with Crippen molar-refractivity contribution in [1.82, 2.24) is 19.9 Å². The molecule has 0 amide bonds. The molecule has 0 saturated carbocycles. The summed E-state index contributed by atoms with van der Waals surface area (Å²) in [6, 6.07) is 13.2. The van der Waals surface area contributed by atoms with Crippen LogP contribution >= 0.6 is 0 Å². The van der Waals surface area contributed by atoms with E-state index < -0.39 is 25.9 Å². The Balaban J connectivity index is 1.97. The van der Waals surface area contributed by atoms with E-state index in [1.807, 2.05) is 6.07 Å². The van der Waals surface area contributed by atoms with Crippen LogP contribution in [0.5, 0.6) is 0 Å². The molecule has 1 unspecified atom stereocenters. The highest BCUT2D eigenvalue weighted by molar-refractivity contribution is 7.90. The van der Waals surface area contributed by atoms with Gasteiger partial charge in [-0.05, 0) is 36.8 Å². The van der Waals surface area contributed by atoms with Crippen molar-refractivity contribution in [3.05, 3.63) is 71.8 Å². The molecule has 2 N–H and O–H groups in total. The smallest absolute Gasteiger partial charge is 0.241 e. The van der Waals surface area contributed by atoms with Crippen LogP contribution < -0.4 is 4.72 Å². The van der Waals surface area contributed by atoms with Gasteiger partial charge in [0, 0.05) is 6.26 Å². The van der Waals surface area contributed by atoms with E-state index in [1.54, 1.807) is 31.2 Å². The minimum Gasteiger partial charge on any atom is -0.263 e. The molecular formula is C17H18N4O4S2. The normalized spacial score (nSPS) is 13.4. The van der Waals surface area contributed by atoms with E-state index in [0.717, 1.165) is 6.26 Å². The summed E-state index contributed by atoms with van der Waals surface area (Å²) in [6.45, 7) is 1.72. The van der Waals surface area contributed by atoms with Gasteiger partial charge in [-0.2, -0.15) is 9.82 Å². The predicted molar refractivity (Wildman–Crippen MR) is 99.3 cm³/mol. The Kier molecular flexibility index (Phi) is 5.13. The predicted octanol–water partition coefficient (Wildman–Crippen LogP) is 1.58. The lowest BCUT2D eigenvalue weighted by molar-refractivity contribution is 0.567. The first kappa shape index (κ1) is 19.2. The first-order valence-electron chi connectivity index (χ1n) is 7.93. The molecule has 3 aromatic rings. The van der Waals surface area contributed by atoms with Crippen molar-refractivity contribution in [2.24, 2.45) is 0 Å². The van der Waals surface area contributed by atoms with Crippen LogP contribution in [-0.2, 0) is 19.9 Å². The summed E-state index contributed by atoms with van der Waals surface area (Å²) in [5.41, 5.74) is 0.674. The lowest BCUT2D eigenvalue weighted by Gasteiger charge is -2.16. The molecule has 1 heterocycles. The van der Waals surface area contributed by atoms with Crippen molar-refractivity contribution in [2.45, 2.75) is 22.8 Å². The molecule has 0 aliphatic carbocycles. The molecule has 1 atom stereocenters. The van der Waals surface area contributed by atoms with Gasteiger partial charge in [0.15, 0.2) is 15.7 Å². The zero-order valence-electron chi connectivity index (χ0n) is 14.6. The van der Waals surface area contributed by atoms with Gasteiger partial charge in [0.1, 0.15) is 11.9 Å². The van der Waals surface area contributed by atoms with E-state index in [4.69, 9.17) is 0 Å². The van der Waals surface area contributed by atoms with Crippen LogP contribution in [0.2, 0.25) is 0 Å². The molecule has 0 fully saturated rings. The molecule has 0 saturated heterocycles. The number of aryl methyl sites for hydroxylation is 1. The van der Waals surface area contributed by atoms with Gasteiger partial charge in [-0.3, -0.25) is 5.10 Å². The summed E-state index contributed by atoms with van der Waals surface area (Å²) in [6.07, 6.45) is 1.06.